The molecule has 0 bridgehead atoms. The predicted octanol–water partition coefficient (Wildman–Crippen LogP) is 2.98. The molecule has 1 fully saturated rings. The van der Waals surface area contributed by atoms with Crippen LogP contribution in [0.4, 0.5) is 11.4 Å². The molecule has 1 saturated heterocycles. The van der Waals surface area contributed by atoms with Crippen molar-refractivity contribution in [3.8, 4) is 0 Å². The van der Waals surface area contributed by atoms with Crippen LogP contribution in [0.2, 0.25) is 0 Å². The van der Waals surface area contributed by atoms with Crippen LogP contribution in [0, 0.1) is 5.92 Å². The van der Waals surface area contributed by atoms with Crippen LogP contribution < -0.4 is 10.0 Å². The summed E-state index contributed by atoms with van der Waals surface area (Å²) in [5.41, 5.74) is 1.60. The molecule has 0 aliphatic carbocycles. The number of hydrogen-bond donors (Lipinski definition) is 2. The van der Waals surface area contributed by atoms with Crippen molar-refractivity contribution in [2.45, 2.75) is 39.7 Å². The number of hydrogen-bond acceptors (Lipinski definition) is 4. The SMILES string of the molecule is CCCS(=O)(=O)Nc1cccc(NC2CCN(CC)CC2C)c1. The monoisotopic (exact) mass is 339 g/mol. The van der Waals surface area contributed by atoms with Gasteiger partial charge in [0.1, 0.15) is 0 Å². The first-order valence-electron chi connectivity index (χ1n) is 8.53. The maximum absolute atomic E-state index is 11.9. The Morgan fingerprint density at radius 2 is 2.00 bits per heavy atom. The van der Waals surface area contributed by atoms with Gasteiger partial charge in [-0.25, -0.2) is 8.42 Å². The predicted molar refractivity (Wildman–Crippen MR) is 97.4 cm³/mol. The second-order valence-corrected chi connectivity index (χ2v) is 8.25. The Hall–Kier alpha value is -1.27. The minimum Gasteiger partial charge on any atom is -0.382 e. The molecule has 5 nitrogen and oxygen atoms in total. The summed E-state index contributed by atoms with van der Waals surface area (Å²) in [5.74, 6) is 0.723. The highest BCUT2D eigenvalue weighted by Gasteiger charge is 2.25. The van der Waals surface area contributed by atoms with Gasteiger partial charge < -0.3 is 10.2 Å². The van der Waals surface area contributed by atoms with Gasteiger partial charge in [-0.2, -0.15) is 0 Å². The number of piperidine rings is 1. The van der Waals surface area contributed by atoms with E-state index >= 15 is 0 Å². The van der Waals surface area contributed by atoms with E-state index in [0.29, 0.717) is 24.1 Å². The molecule has 1 heterocycles. The van der Waals surface area contributed by atoms with E-state index in [1.165, 1.54) is 0 Å². The summed E-state index contributed by atoms with van der Waals surface area (Å²) in [5, 5.41) is 3.57. The molecule has 1 aliphatic rings. The van der Waals surface area contributed by atoms with Crippen molar-refractivity contribution in [3.63, 3.8) is 0 Å². The van der Waals surface area contributed by atoms with E-state index in [4.69, 9.17) is 0 Å². The fourth-order valence-electron chi connectivity index (χ4n) is 3.12. The third-order valence-corrected chi connectivity index (χ3v) is 5.89. The van der Waals surface area contributed by atoms with Crippen molar-refractivity contribution >= 4 is 21.4 Å². The highest BCUT2D eigenvalue weighted by atomic mass is 32.2. The minimum absolute atomic E-state index is 0.150. The third-order valence-electron chi connectivity index (χ3n) is 4.40. The summed E-state index contributed by atoms with van der Waals surface area (Å²) < 4.78 is 26.4. The second kappa shape index (κ2) is 8.02. The van der Waals surface area contributed by atoms with Gasteiger partial charge in [-0.3, -0.25) is 4.72 Å². The van der Waals surface area contributed by atoms with Gasteiger partial charge in [0.05, 0.1) is 11.4 Å². The summed E-state index contributed by atoms with van der Waals surface area (Å²) >= 11 is 0. The normalized spacial score (nSPS) is 22.7. The lowest BCUT2D eigenvalue weighted by Gasteiger charge is -2.37. The maximum Gasteiger partial charge on any atom is 0.232 e. The Balaban J connectivity index is 2.00. The van der Waals surface area contributed by atoms with E-state index < -0.39 is 10.0 Å². The lowest BCUT2D eigenvalue weighted by Crippen LogP contribution is -2.45. The van der Waals surface area contributed by atoms with Crippen molar-refractivity contribution in [1.29, 1.82) is 0 Å². The van der Waals surface area contributed by atoms with E-state index in [-0.39, 0.29) is 5.75 Å². The summed E-state index contributed by atoms with van der Waals surface area (Å²) in [6, 6.07) is 7.99. The molecule has 0 aromatic heterocycles. The van der Waals surface area contributed by atoms with Crippen LogP contribution in [-0.2, 0) is 10.0 Å². The Kier molecular flexibility index (Phi) is 6.30. The molecule has 130 valence electrons. The molecule has 1 aromatic rings. The molecular weight excluding hydrogens is 310 g/mol. The first kappa shape index (κ1) is 18.1. The smallest absolute Gasteiger partial charge is 0.232 e. The molecule has 1 aromatic carbocycles. The summed E-state index contributed by atoms with van der Waals surface area (Å²) in [7, 11) is -3.24. The van der Waals surface area contributed by atoms with Crippen LogP contribution in [0.5, 0.6) is 0 Å². The molecule has 0 radical (unpaired) electrons. The van der Waals surface area contributed by atoms with Gasteiger partial charge >= 0.3 is 0 Å². The van der Waals surface area contributed by atoms with Gasteiger partial charge in [0.15, 0.2) is 0 Å². The molecule has 0 spiro atoms. The third kappa shape index (κ3) is 5.39. The van der Waals surface area contributed by atoms with Crippen LogP contribution in [0.15, 0.2) is 24.3 Å². The van der Waals surface area contributed by atoms with E-state index in [9.17, 15) is 8.42 Å². The first-order valence-corrected chi connectivity index (χ1v) is 10.2. The summed E-state index contributed by atoms with van der Waals surface area (Å²) in [4.78, 5) is 2.47. The molecular formula is C17H29N3O2S. The molecule has 0 saturated carbocycles. The zero-order chi connectivity index (χ0) is 16.9. The minimum atomic E-state index is -3.24. The van der Waals surface area contributed by atoms with Crippen molar-refractivity contribution in [3.05, 3.63) is 24.3 Å². The Morgan fingerprint density at radius 3 is 2.65 bits per heavy atom. The first-order chi connectivity index (χ1) is 10.9. The van der Waals surface area contributed by atoms with Gasteiger partial charge in [0.2, 0.25) is 10.0 Å². The molecule has 6 heteroatoms. The maximum atomic E-state index is 11.9. The number of rotatable bonds is 7. The average molecular weight is 340 g/mol. The standard InChI is InChI=1S/C17H29N3O2S/c1-4-11-23(21,22)19-16-8-6-7-15(12-16)18-17-9-10-20(5-2)13-14(17)3/h6-8,12,14,17-19H,4-5,9-11,13H2,1-3H3. The fourth-order valence-corrected chi connectivity index (χ4v) is 4.25. The number of sulfonamides is 1. The molecule has 2 N–H and O–H groups in total. The Morgan fingerprint density at radius 1 is 1.26 bits per heavy atom. The fraction of sp³-hybridized carbons (Fsp3) is 0.647. The molecule has 23 heavy (non-hydrogen) atoms. The summed E-state index contributed by atoms with van der Waals surface area (Å²) in [6.07, 6.45) is 1.72. The Bertz CT molecular complexity index is 604. The number of benzene rings is 1. The molecule has 2 rings (SSSR count). The zero-order valence-corrected chi connectivity index (χ0v) is 15.2. The topological polar surface area (TPSA) is 61.4 Å². The summed E-state index contributed by atoms with van der Waals surface area (Å²) in [6.45, 7) is 9.66. The Labute approximate surface area is 140 Å². The quantitative estimate of drug-likeness (QED) is 0.802. The number of nitrogens with one attached hydrogen (secondary N) is 2. The molecule has 0 amide bonds. The van der Waals surface area contributed by atoms with Crippen molar-refractivity contribution in [2.75, 3.05) is 35.4 Å². The van der Waals surface area contributed by atoms with E-state index in [1.807, 2.05) is 25.1 Å². The van der Waals surface area contributed by atoms with Crippen molar-refractivity contribution in [2.24, 2.45) is 5.92 Å². The van der Waals surface area contributed by atoms with Crippen LogP contribution in [0.25, 0.3) is 0 Å². The molecule has 2 unspecified atom stereocenters. The number of likely N-dealkylation sites (tertiary alicyclic amines) is 1. The van der Waals surface area contributed by atoms with E-state index in [0.717, 1.165) is 31.7 Å². The number of nitrogens with zero attached hydrogens (tertiary/aromatic N) is 1. The number of anilines is 2. The van der Waals surface area contributed by atoms with Crippen LogP contribution in [-0.4, -0.2) is 44.7 Å². The largest absolute Gasteiger partial charge is 0.382 e. The van der Waals surface area contributed by atoms with Gasteiger partial charge in [-0.05, 0) is 43.5 Å². The van der Waals surface area contributed by atoms with Crippen LogP contribution >= 0.6 is 0 Å². The molecule has 1 aliphatic heterocycles. The van der Waals surface area contributed by atoms with E-state index in [2.05, 4.69) is 28.8 Å². The van der Waals surface area contributed by atoms with Crippen molar-refractivity contribution < 1.29 is 8.42 Å². The van der Waals surface area contributed by atoms with Gasteiger partial charge in [-0.15, -0.1) is 0 Å². The highest BCUT2D eigenvalue weighted by Crippen LogP contribution is 2.23. The average Bonchev–Trinajstić information content (AvgIpc) is 2.49. The van der Waals surface area contributed by atoms with Gasteiger partial charge in [-0.1, -0.05) is 26.8 Å². The lowest BCUT2D eigenvalue weighted by molar-refractivity contribution is 0.179. The molecule has 2 atom stereocenters. The van der Waals surface area contributed by atoms with Gasteiger partial charge in [0, 0.05) is 24.8 Å². The highest BCUT2D eigenvalue weighted by molar-refractivity contribution is 7.92. The van der Waals surface area contributed by atoms with Crippen LogP contribution in [0.1, 0.15) is 33.6 Å². The van der Waals surface area contributed by atoms with Gasteiger partial charge in [0.25, 0.3) is 0 Å². The second-order valence-electron chi connectivity index (χ2n) is 6.41. The lowest BCUT2D eigenvalue weighted by atomic mass is 9.93. The van der Waals surface area contributed by atoms with Crippen molar-refractivity contribution in [1.82, 2.24) is 4.90 Å². The van der Waals surface area contributed by atoms with Crippen LogP contribution in [0.3, 0.4) is 0 Å². The zero-order valence-electron chi connectivity index (χ0n) is 14.4. The van der Waals surface area contributed by atoms with E-state index in [1.54, 1.807) is 6.07 Å².